The van der Waals surface area contributed by atoms with Gasteiger partial charge in [-0.25, -0.2) is 9.79 Å². The zero-order chi connectivity index (χ0) is 34.7. The van der Waals surface area contributed by atoms with E-state index in [0.29, 0.717) is 32.1 Å². The molecule has 5 aromatic rings. The monoisotopic (exact) mass is 899 g/mol. The quantitative estimate of drug-likeness (QED) is 0.0667. The van der Waals surface area contributed by atoms with Crippen molar-refractivity contribution in [3.63, 3.8) is 0 Å². The number of benzene rings is 4. The number of ether oxygens (including phenoxy) is 3. The van der Waals surface area contributed by atoms with E-state index in [2.05, 4.69) is 45.2 Å². The summed E-state index contributed by atoms with van der Waals surface area (Å²) in [5, 5.41) is 11.0. The molecule has 0 amide bonds. The van der Waals surface area contributed by atoms with E-state index in [4.69, 9.17) is 19.2 Å². The van der Waals surface area contributed by atoms with Crippen molar-refractivity contribution in [1.29, 1.82) is 0 Å². The van der Waals surface area contributed by atoms with Crippen molar-refractivity contribution in [3.05, 3.63) is 156 Å². The molecule has 248 valence electrons. The van der Waals surface area contributed by atoms with Crippen LogP contribution in [0.15, 0.2) is 106 Å². The summed E-state index contributed by atoms with van der Waals surface area (Å²) in [4.78, 5) is 43.9. The van der Waals surface area contributed by atoms with Gasteiger partial charge in [0.2, 0.25) is 0 Å². The Balaban J connectivity index is 1.45. The second-order valence-electron chi connectivity index (χ2n) is 10.7. The van der Waals surface area contributed by atoms with Crippen molar-refractivity contribution < 1.29 is 23.9 Å². The Labute approximate surface area is 311 Å². The first-order valence-corrected chi connectivity index (χ1v) is 17.9. The van der Waals surface area contributed by atoms with Crippen LogP contribution in [0, 0.1) is 17.3 Å². The number of nitro benzene ring substituents is 1. The molecule has 1 aromatic heterocycles. The maximum absolute atomic E-state index is 14.3. The Morgan fingerprint density at radius 2 is 1.73 bits per heavy atom. The predicted molar refractivity (Wildman–Crippen MR) is 203 cm³/mol. The number of halogens is 2. The summed E-state index contributed by atoms with van der Waals surface area (Å²) >= 11 is 5.63. The van der Waals surface area contributed by atoms with Crippen molar-refractivity contribution in [3.8, 4) is 11.5 Å². The van der Waals surface area contributed by atoms with E-state index in [1.807, 2.05) is 72.8 Å². The Kier molecular flexibility index (Phi) is 10.6. The molecule has 0 unspecified atom stereocenters. The molecule has 10 nitrogen and oxygen atoms in total. The van der Waals surface area contributed by atoms with Gasteiger partial charge in [-0.1, -0.05) is 53.8 Å². The SMILES string of the molecule is CCOC(=O)C1=C(c2ccccc2)N=c2s/c(=C\c3cc(I)c(OCc4ccc([N+](=O)[O-])cc4)c(I)c3)c(=O)n2[C@@H]1c1cccc(OC)c1. The fraction of sp³-hybridized carbons (Fsp3) is 0.139. The number of methoxy groups -OCH3 is 1. The van der Waals surface area contributed by atoms with Crippen molar-refractivity contribution >= 4 is 79.9 Å². The van der Waals surface area contributed by atoms with Gasteiger partial charge < -0.3 is 14.2 Å². The lowest BCUT2D eigenvalue weighted by Crippen LogP contribution is -2.40. The number of rotatable bonds is 10. The molecule has 0 bridgehead atoms. The highest BCUT2D eigenvalue weighted by Crippen LogP contribution is 2.36. The molecular weight excluding hydrogens is 872 g/mol. The van der Waals surface area contributed by atoms with E-state index in [1.54, 1.807) is 30.7 Å². The zero-order valence-corrected chi connectivity index (χ0v) is 31.2. The van der Waals surface area contributed by atoms with Crippen molar-refractivity contribution in [2.45, 2.75) is 19.6 Å². The van der Waals surface area contributed by atoms with Crippen LogP contribution in [0.25, 0.3) is 11.8 Å². The van der Waals surface area contributed by atoms with E-state index < -0.39 is 16.9 Å². The molecule has 1 aliphatic rings. The molecule has 4 aromatic carbocycles. The third kappa shape index (κ3) is 7.33. The molecular formula is C36H27I2N3O7S. The number of hydrogen-bond donors (Lipinski definition) is 0. The molecule has 0 aliphatic carbocycles. The number of fused-ring (bicyclic) bond motifs is 1. The highest BCUT2D eigenvalue weighted by Gasteiger charge is 2.35. The molecule has 6 rings (SSSR count). The molecule has 1 aliphatic heterocycles. The molecule has 0 N–H and O–H groups in total. The topological polar surface area (TPSA) is 122 Å². The van der Waals surface area contributed by atoms with E-state index in [9.17, 15) is 19.7 Å². The second kappa shape index (κ2) is 15.0. The summed E-state index contributed by atoms with van der Waals surface area (Å²) < 4.78 is 20.8. The second-order valence-corrected chi connectivity index (χ2v) is 14.1. The number of carbonyl (C=O) groups excluding carboxylic acids is 1. The number of non-ortho nitro benzene ring substituents is 1. The number of nitrogens with zero attached hydrogens (tertiary/aromatic N) is 3. The fourth-order valence-electron chi connectivity index (χ4n) is 5.39. The first kappa shape index (κ1) is 34.5. The molecule has 13 heteroatoms. The molecule has 0 saturated carbocycles. The van der Waals surface area contributed by atoms with Crippen LogP contribution in [0.5, 0.6) is 11.5 Å². The molecule has 0 fully saturated rings. The minimum atomic E-state index is -0.821. The number of thiazole rings is 1. The van der Waals surface area contributed by atoms with Crippen molar-refractivity contribution in [1.82, 2.24) is 4.57 Å². The highest BCUT2D eigenvalue weighted by molar-refractivity contribution is 14.1. The van der Waals surface area contributed by atoms with E-state index in [0.717, 1.165) is 23.8 Å². The van der Waals surface area contributed by atoms with Crippen LogP contribution in [0.3, 0.4) is 0 Å². The molecule has 1 atom stereocenters. The smallest absolute Gasteiger partial charge is 0.338 e. The molecule has 0 saturated heterocycles. The van der Waals surface area contributed by atoms with E-state index in [-0.39, 0.29) is 30.0 Å². The van der Waals surface area contributed by atoms with Gasteiger partial charge in [0.1, 0.15) is 18.1 Å². The zero-order valence-electron chi connectivity index (χ0n) is 26.1. The van der Waals surface area contributed by atoms with Gasteiger partial charge in [0.05, 0.1) is 47.6 Å². The summed E-state index contributed by atoms with van der Waals surface area (Å²) in [5.74, 6) is 0.699. The van der Waals surface area contributed by atoms with Gasteiger partial charge in [0, 0.05) is 17.7 Å². The average molecular weight is 900 g/mol. The molecule has 2 heterocycles. The summed E-state index contributed by atoms with van der Waals surface area (Å²) in [6.07, 6.45) is 1.81. The van der Waals surface area contributed by atoms with Crippen LogP contribution < -0.4 is 24.4 Å². The van der Waals surface area contributed by atoms with Gasteiger partial charge in [-0.2, -0.15) is 0 Å². The highest BCUT2D eigenvalue weighted by atomic mass is 127. The Bertz CT molecular complexity index is 2260. The summed E-state index contributed by atoms with van der Waals surface area (Å²) in [7, 11) is 1.57. The third-order valence-electron chi connectivity index (χ3n) is 7.63. The van der Waals surface area contributed by atoms with E-state index in [1.165, 1.54) is 23.5 Å². The van der Waals surface area contributed by atoms with Crippen LogP contribution in [-0.4, -0.2) is 29.2 Å². The normalized spacial score (nSPS) is 14.2. The lowest BCUT2D eigenvalue weighted by atomic mass is 9.93. The first-order chi connectivity index (χ1) is 23.7. The Morgan fingerprint density at radius 1 is 1.02 bits per heavy atom. The van der Waals surface area contributed by atoms with Gasteiger partial charge >= 0.3 is 5.97 Å². The van der Waals surface area contributed by atoms with Crippen LogP contribution in [0.2, 0.25) is 0 Å². The van der Waals surface area contributed by atoms with Crippen LogP contribution >= 0.6 is 56.5 Å². The summed E-state index contributed by atoms with van der Waals surface area (Å²) in [6.45, 7) is 2.13. The molecule has 0 spiro atoms. The fourth-order valence-corrected chi connectivity index (χ4v) is 8.52. The number of aromatic nitrogens is 1. The number of hydrogen-bond acceptors (Lipinski definition) is 9. The summed E-state index contributed by atoms with van der Waals surface area (Å²) in [5.41, 5.74) is 3.41. The van der Waals surface area contributed by atoms with Crippen molar-refractivity contribution in [2.24, 2.45) is 4.99 Å². The maximum atomic E-state index is 14.3. The largest absolute Gasteiger partial charge is 0.497 e. The minimum absolute atomic E-state index is 0.0192. The van der Waals surface area contributed by atoms with Gasteiger partial charge in [-0.15, -0.1) is 0 Å². The number of esters is 1. The minimum Gasteiger partial charge on any atom is -0.497 e. The number of nitro groups is 1. The summed E-state index contributed by atoms with van der Waals surface area (Å²) in [6, 6.07) is 26.0. The molecule has 49 heavy (non-hydrogen) atoms. The predicted octanol–water partition coefficient (Wildman–Crippen LogP) is 6.64. The first-order valence-electron chi connectivity index (χ1n) is 15.0. The van der Waals surface area contributed by atoms with Crippen LogP contribution in [-0.2, 0) is 16.1 Å². The lowest BCUT2D eigenvalue weighted by molar-refractivity contribution is -0.384. The Morgan fingerprint density at radius 3 is 2.39 bits per heavy atom. The van der Waals surface area contributed by atoms with Crippen LogP contribution in [0.4, 0.5) is 5.69 Å². The van der Waals surface area contributed by atoms with Crippen molar-refractivity contribution in [2.75, 3.05) is 13.7 Å². The maximum Gasteiger partial charge on any atom is 0.338 e. The van der Waals surface area contributed by atoms with Gasteiger partial charge in [0.15, 0.2) is 4.80 Å². The van der Waals surface area contributed by atoms with Crippen LogP contribution in [0.1, 0.15) is 35.2 Å². The average Bonchev–Trinajstić information content (AvgIpc) is 3.41. The van der Waals surface area contributed by atoms with Gasteiger partial charge in [-0.05, 0) is 111 Å². The number of carbonyl (C=O) groups is 1. The standard InChI is InChI=1S/C36H27I2N3O7S/c1-3-47-35(43)30-31(23-8-5-4-6-9-23)39-36-40(32(30)24-10-7-11-26(19-24)46-2)34(42)29(49-36)18-22-16-27(37)33(28(38)17-22)48-20-21-12-14-25(15-13-21)41(44)45/h4-19,32H,3,20H2,1-2H3/b29-18-/t32-/m1/s1. The van der Waals surface area contributed by atoms with E-state index >= 15 is 0 Å². The van der Waals surface area contributed by atoms with Gasteiger partial charge in [-0.3, -0.25) is 19.5 Å². The third-order valence-corrected chi connectivity index (χ3v) is 10.2. The molecule has 0 radical (unpaired) electrons. The lowest BCUT2D eigenvalue weighted by Gasteiger charge is -2.26. The van der Waals surface area contributed by atoms with Gasteiger partial charge in [0.25, 0.3) is 11.2 Å². The Hall–Kier alpha value is -4.35.